The van der Waals surface area contributed by atoms with Crippen molar-refractivity contribution in [3.05, 3.63) is 35.0 Å². The van der Waals surface area contributed by atoms with Gasteiger partial charge in [-0.2, -0.15) is 5.26 Å². The zero-order valence-electron chi connectivity index (χ0n) is 10.8. The molecule has 0 aromatic heterocycles. The monoisotopic (exact) mass is 259 g/mol. The van der Waals surface area contributed by atoms with Crippen molar-refractivity contribution in [2.45, 2.75) is 32.2 Å². The van der Waals surface area contributed by atoms with Gasteiger partial charge in [0.25, 0.3) is 0 Å². The van der Waals surface area contributed by atoms with E-state index in [1.807, 2.05) is 25.3 Å². The Morgan fingerprint density at radius 3 is 2.83 bits per heavy atom. The minimum atomic E-state index is 0.432. The lowest BCUT2D eigenvalue weighted by Crippen LogP contribution is -2.41. The van der Waals surface area contributed by atoms with E-state index in [9.17, 15) is 5.26 Å². The van der Waals surface area contributed by atoms with Crippen LogP contribution in [0.4, 0.5) is 0 Å². The summed E-state index contributed by atoms with van der Waals surface area (Å²) in [5.41, 5.74) is 1.73. The Bertz CT molecular complexity index is 490. The molecule has 1 fully saturated rings. The summed E-state index contributed by atoms with van der Waals surface area (Å²) in [4.78, 5) is 6.65. The van der Waals surface area contributed by atoms with Crippen molar-refractivity contribution >= 4 is 17.6 Å². The molecule has 0 bridgehead atoms. The van der Waals surface area contributed by atoms with E-state index < -0.39 is 0 Å². The van der Waals surface area contributed by atoms with Crippen molar-refractivity contribution in [3.8, 4) is 6.07 Å². The molecule has 0 unspecified atom stereocenters. The molecule has 0 radical (unpaired) electrons. The van der Waals surface area contributed by atoms with Crippen molar-refractivity contribution in [1.29, 1.82) is 5.26 Å². The highest BCUT2D eigenvalue weighted by Crippen LogP contribution is 2.34. The minimum Gasteiger partial charge on any atom is -0.314 e. The first-order chi connectivity index (χ1) is 8.71. The molecule has 0 aromatic rings. The molecule has 1 aliphatic carbocycles. The fraction of sp³-hybridized carbons (Fsp3) is 0.429. The Morgan fingerprint density at radius 2 is 2.39 bits per heavy atom. The quantitative estimate of drug-likeness (QED) is 0.779. The van der Waals surface area contributed by atoms with Crippen LogP contribution in [0, 0.1) is 11.3 Å². The summed E-state index contributed by atoms with van der Waals surface area (Å²) in [7, 11) is 0. The van der Waals surface area contributed by atoms with Gasteiger partial charge in [0.2, 0.25) is 0 Å². The summed E-state index contributed by atoms with van der Waals surface area (Å²) >= 11 is 1.53. The van der Waals surface area contributed by atoms with E-state index in [0.29, 0.717) is 11.7 Å². The Hall–Kier alpha value is -1.47. The molecule has 2 aliphatic rings. The molecular weight excluding hydrogens is 242 g/mol. The van der Waals surface area contributed by atoms with E-state index in [4.69, 9.17) is 0 Å². The smallest absolute Gasteiger partial charge is 0.142 e. The highest BCUT2D eigenvalue weighted by atomic mass is 32.2. The van der Waals surface area contributed by atoms with Crippen molar-refractivity contribution in [2.75, 3.05) is 6.26 Å². The zero-order chi connectivity index (χ0) is 13.1. The van der Waals surface area contributed by atoms with Crippen LogP contribution in [0.2, 0.25) is 0 Å². The number of nitriles is 1. The summed E-state index contributed by atoms with van der Waals surface area (Å²) in [6.45, 7) is 5.88. The van der Waals surface area contributed by atoms with Crippen LogP contribution in [-0.4, -0.2) is 23.0 Å². The van der Waals surface area contributed by atoms with Crippen LogP contribution in [0.3, 0.4) is 0 Å². The van der Waals surface area contributed by atoms with Gasteiger partial charge in [-0.15, -0.1) is 11.8 Å². The van der Waals surface area contributed by atoms with Gasteiger partial charge in [0.1, 0.15) is 17.6 Å². The van der Waals surface area contributed by atoms with Gasteiger partial charge in [0.05, 0.1) is 5.03 Å². The molecular formula is C14H17N3S. The average Bonchev–Trinajstić information content (AvgIpc) is 2.65. The number of hydrogen-bond acceptors (Lipinski definition) is 3. The number of nitrogens with zero attached hydrogens (tertiary/aromatic N) is 3. The van der Waals surface area contributed by atoms with Crippen molar-refractivity contribution in [2.24, 2.45) is 4.99 Å². The molecule has 1 heterocycles. The van der Waals surface area contributed by atoms with Crippen molar-refractivity contribution in [1.82, 2.24) is 4.90 Å². The summed E-state index contributed by atoms with van der Waals surface area (Å²) in [6, 6.07) is 2.71. The van der Waals surface area contributed by atoms with Gasteiger partial charge in [-0.05, 0) is 38.5 Å². The molecule has 94 valence electrons. The van der Waals surface area contributed by atoms with E-state index >= 15 is 0 Å². The van der Waals surface area contributed by atoms with Gasteiger partial charge in [0.15, 0.2) is 0 Å². The standard InChI is InChI=1S/C14H17N3S/c1-4-11-8-13(9-15)17(12-6-5-7-12)14(11)16-10(2)18-3/h4,8,12H,2,5-7H2,1,3H3/b11-4-,16-14+. The van der Waals surface area contributed by atoms with Crippen LogP contribution in [0.15, 0.2) is 40.0 Å². The SMILES string of the molecule is C=C(/N=C1\C(=C/C)C=C(C#N)N1C1CCC1)SC. The molecule has 3 nitrogen and oxygen atoms in total. The van der Waals surface area contributed by atoms with Gasteiger partial charge in [-0.25, -0.2) is 4.99 Å². The molecule has 1 saturated carbocycles. The van der Waals surface area contributed by atoms with Crippen LogP contribution < -0.4 is 0 Å². The van der Waals surface area contributed by atoms with Gasteiger partial charge >= 0.3 is 0 Å². The number of amidine groups is 1. The first-order valence-corrected chi connectivity index (χ1v) is 7.33. The molecule has 0 atom stereocenters. The maximum Gasteiger partial charge on any atom is 0.142 e. The van der Waals surface area contributed by atoms with Crippen molar-refractivity contribution in [3.63, 3.8) is 0 Å². The van der Waals surface area contributed by atoms with Gasteiger partial charge in [-0.3, -0.25) is 0 Å². The molecule has 0 saturated heterocycles. The Kier molecular flexibility index (Phi) is 3.93. The predicted molar refractivity (Wildman–Crippen MR) is 77.0 cm³/mol. The van der Waals surface area contributed by atoms with Crippen LogP contribution in [0.25, 0.3) is 0 Å². The maximum atomic E-state index is 9.26. The van der Waals surface area contributed by atoms with E-state index in [1.165, 1.54) is 18.2 Å². The van der Waals surface area contributed by atoms with Gasteiger partial charge in [-0.1, -0.05) is 12.7 Å². The van der Waals surface area contributed by atoms with Crippen LogP contribution >= 0.6 is 11.8 Å². The number of thioether (sulfide) groups is 1. The van der Waals surface area contributed by atoms with E-state index in [0.717, 1.165) is 29.3 Å². The lowest BCUT2D eigenvalue weighted by Gasteiger charge is -2.36. The first kappa shape index (κ1) is 13.0. The highest BCUT2D eigenvalue weighted by molar-refractivity contribution is 8.02. The summed E-state index contributed by atoms with van der Waals surface area (Å²) < 4.78 is 0. The minimum absolute atomic E-state index is 0.432. The Labute approximate surface area is 113 Å². The molecule has 0 aromatic carbocycles. The highest BCUT2D eigenvalue weighted by Gasteiger charge is 2.35. The van der Waals surface area contributed by atoms with Crippen molar-refractivity contribution < 1.29 is 0 Å². The topological polar surface area (TPSA) is 39.4 Å². The van der Waals surface area contributed by atoms with E-state index in [2.05, 4.69) is 22.5 Å². The molecule has 1 aliphatic heterocycles. The number of hydrogen-bond donors (Lipinski definition) is 0. The fourth-order valence-corrected chi connectivity index (χ4v) is 2.31. The second-order valence-corrected chi connectivity index (χ2v) is 5.25. The third-order valence-corrected chi connectivity index (χ3v) is 3.93. The third kappa shape index (κ3) is 2.23. The van der Waals surface area contributed by atoms with E-state index in [-0.39, 0.29) is 0 Å². The van der Waals surface area contributed by atoms with Crippen LogP contribution in [0.5, 0.6) is 0 Å². The predicted octanol–water partition coefficient (Wildman–Crippen LogP) is 3.44. The number of rotatable bonds is 3. The normalized spacial score (nSPS) is 24.1. The van der Waals surface area contributed by atoms with Gasteiger partial charge < -0.3 is 4.90 Å². The third-order valence-electron chi connectivity index (χ3n) is 3.37. The Morgan fingerprint density at radius 1 is 1.67 bits per heavy atom. The molecule has 18 heavy (non-hydrogen) atoms. The maximum absolute atomic E-state index is 9.26. The van der Waals surface area contributed by atoms with Crippen LogP contribution in [-0.2, 0) is 0 Å². The second kappa shape index (κ2) is 5.45. The lowest BCUT2D eigenvalue weighted by molar-refractivity contribution is 0.256. The molecule has 0 amide bonds. The molecule has 4 heteroatoms. The molecule has 0 spiro atoms. The van der Waals surface area contributed by atoms with E-state index in [1.54, 1.807) is 0 Å². The summed E-state index contributed by atoms with van der Waals surface area (Å²) in [6.07, 6.45) is 9.40. The Balaban J connectivity index is 2.38. The largest absolute Gasteiger partial charge is 0.314 e. The number of aliphatic imine (C=N–C) groups is 1. The first-order valence-electron chi connectivity index (χ1n) is 6.10. The molecule has 2 rings (SSSR count). The molecule has 0 N–H and O–H groups in total. The summed E-state index contributed by atoms with van der Waals surface area (Å²) in [5, 5.41) is 10.0. The lowest BCUT2D eigenvalue weighted by atomic mass is 9.91. The zero-order valence-corrected chi connectivity index (χ0v) is 11.6. The average molecular weight is 259 g/mol. The fourth-order valence-electron chi connectivity index (χ4n) is 2.13. The number of allylic oxidation sites excluding steroid dienone is 2. The van der Waals surface area contributed by atoms with Crippen LogP contribution in [0.1, 0.15) is 26.2 Å². The summed E-state index contributed by atoms with van der Waals surface area (Å²) in [5.74, 6) is 0.887. The second-order valence-electron chi connectivity index (χ2n) is 4.37. The van der Waals surface area contributed by atoms with Gasteiger partial charge in [0, 0.05) is 11.6 Å².